The van der Waals surface area contributed by atoms with Crippen LogP contribution in [0.4, 0.5) is 4.79 Å². The fourth-order valence-electron chi connectivity index (χ4n) is 2.77. The number of pyridine rings is 1. The summed E-state index contributed by atoms with van der Waals surface area (Å²) in [6.45, 7) is 2.52. The van der Waals surface area contributed by atoms with Gasteiger partial charge >= 0.3 is 6.03 Å². The van der Waals surface area contributed by atoms with Crippen LogP contribution in [-0.4, -0.2) is 47.3 Å². The number of aromatic nitrogens is 2. The number of fused-ring (bicyclic) bond motifs is 3. The lowest BCUT2D eigenvalue weighted by Crippen LogP contribution is -2.41. The van der Waals surface area contributed by atoms with Crippen molar-refractivity contribution in [3.8, 4) is 6.07 Å². The topological polar surface area (TPSA) is 109 Å². The number of imide groups is 1. The summed E-state index contributed by atoms with van der Waals surface area (Å²) in [5.74, 6) is -0.371. The Hall–Kier alpha value is -3.09. The minimum absolute atomic E-state index is 0.0463. The molecule has 0 aliphatic carbocycles. The molecule has 0 unspecified atom stereocenters. The van der Waals surface area contributed by atoms with Crippen LogP contribution in [0.2, 0.25) is 0 Å². The number of nitriles is 1. The lowest BCUT2D eigenvalue weighted by Gasteiger charge is -2.10. The highest BCUT2D eigenvalue weighted by Crippen LogP contribution is 2.29. The monoisotopic (exact) mass is 397 g/mol. The molecule has 2 aromatic heterocycles. The fourth-order valence-corrected chi connectivity index (χ4v) is 3.70. The number of hydrogen-bond donors (Lipinski definition) is 2. The zero-order chi connectivity index (χ0) is 20.1. The first kappa shape index (κ1) is 19.7. The quantitative estimate of drug-likeness (QED) is 0.488. The third-order valence-corrected chi connectivity index (χ3v) is 5.05. The van der Waals surface area contributed by atoms with Crippen molar-refractivity contribution in [3.63, 3.8) is 0 Å². The van der Waals surface area contributed by atoms with E-state index in [1.165, 1.54) is 18.9 Å². The van der Waals surface area contributed by atoms with Crippen molar-refractivity contribution in [2.45, 2.75) is 11.9 Å². The van der Waals surface area contributed by atoms with Crippen molar-refractivity contribution < 1.29 is 14.3 Å². The number of imidazole rings is 1. The summed E-state index contributed by atoms with van der Waals surface area (Å²) in [7, 11) is 1.53. The largest absolute Gasteiger partial charge is 0.383 e. The van der Waals surface area contributed by atoms with Crippen LogP contribution in [-0.2, 0) is 9.53 Å². The van der Waals surface area contributed by atoms with Gasteiger partial charge in [-0.3, -0.25) is 14.5 Å². The molecule has 0 radical (unpaired) electrons. The number of thioether (sulfide) groups is 1. The Morgan fingerprint density at radius 3 is 2.89 bits per heavy atom. The summed E-state index contributed by atoms with van der Waals surface area (Å²) in [6.07, 6.45) is 0. The Kier molecular flexibility index (Phi) is 6.13. The first-order valence-electron chi connectivity index (χ1n) is 8.55. The van der Waals surface area contributed by atoms with Gasteiger partial charge in [-0.15, -0.1) is 0 Å². The minimum Gasteiger partial charge on any atom is -0.383 e. The van der Waals surface area contributed by atoms with E-state index < -0.39 is 11.9 Å². The second-order valence-electron chi connectivity index (χ2n) is 6.00. The molecule has 28 heavy (non-hydrogen) atoms. The summed E-state index contributed by atoms with van der Waals surface area (Å²) in [5, 5.41) is 15.1. The van der Waals surface area contributed by atoms with Gasteiger partial charge in [0.25, 0.3) is 0 Å². The summed E-state index contributed by atoms with van der Waals surface area (Å²) >= 11 is 1.28. The molecule has 0 fully saturated rings. The molecule has 0 saturated carbocycles. The maximum absolute atomic E-state index is 12.1. The number of para-hydroxylation sites is 2. The highest BCUT2D eigenvalue weighted by molar-refractivity contribution is 7.99. The maximum atomic E-state index is 12.1. The summed E-state index contributed by atoms with van der Waals surface area (Å²) < 4.78 is 6.71. The number of amides is 3. The molecule has 1 aromatic carbocycles. The van der Waals surface area contributed by atoms with Gasteiger partial charge in [-0.05, 0) is 30.7 Å². The van der Waals surface area contributed by atoms with E-state index in [1.807, 2.05) is 41.7 Å². The molecule has 3 amide bonds. The van der Waals surface area contributed by atoms with E-state index in [-0.39, 0.29) is 5.75 Å². The highest BCUT2D eigenvalue weighted by atomic mass is 32.2. The number of urea groups is 1. The number of carbonyl (C=O) groups excluding carboxylic acids is 2. The Morgan fingerprint density at radius 1 is 1.36 bits per heavy atom. The number of aryl methyl sites for hydroxylation is 1. The molecular weight excluding hydrogens is 378 g/mol. The van der Waals surface area contributed by atoms with Crippen LogP contribution >= 0.6 is 11.8 Å². The van der Waals surface area contributed by atoms with Crippen LogP contribution in [0, 0.1) is 18.3 Å². The van der Waals surface area contributed by atoms with Crippen molar-refractivity contribution in [1.29, 1.82) is 5.26 Å². The molecule has 144 valence electrons. The number of ether oxygens (including phenoxy) is 1. The van der Waals surface area contributed by atoms with E-state index in [1.54, 1.807) is 0 Å². The Balaban J connectivity index is 1.83. The molecule has 0 aliphatic rings. The molecular formula is C19H19N5O3S. The molecule has 0 saturated heterocycles. The SMILES string of the molecule is COCCNC(=O)NC(=O)CSc1cc(C)c(C#N)c2nc3ccccc3n12. The van der Waals surface area contributed by atoms with Crippen LogP contribution in [0.3, 0.4) is 0 Å². The number of benzene rings is 1. The van der Waals surface area contributed by atoms with E-state index in [4.69, 9.17) is 4.74 Å². The van der Waals surface area contributed by atoms with Crippen molar-refractivity contribution >= 4 is 40.4 Å². The summed E-state index contributed by atoms with van der Waals surface area (Å²) in [6, 6.07) is 11.1. The van der Waals surface area contributed by atoms with Gasteiger partial charge in [0.05, 0.1) is 34.0 Å². The second-order valence-corrected chi connectivity index (χ2v) is 6.99. The third-order valence-electron chi connectivity index (χ3n) is 4.05. The van der Waals surface area contributed by atoms with Crippen LogP contribution in [0.1, 0.15) is 11.1 Å². The standard InChI is InChI=1S/C19H19N5O3S/c1-12-9-17(28-11-16(25)23-19(26)21-7-8-27-2)24-15-6-4-3-5-14(15)22-18(24)13(12)10-20/h3-6,9H,7-8,11H2,1-2H3,(H2,21,23,25,26). The third kappa shape index (κ3) is 4.08. The molecule has 9 heteroatoms. The zero-order valence-electron chi connectivity index (χ0n) is 15.5. The number of nitrogens with zero attached hydrogens (tertiary/aromatic N) is 3. The van der Waals surface area contributed by atoms with Gasteiger partial charge in [0.2, 0.25) is 5.91 Å². The lowest BCUT2D eigenvalue weighted by molar-refractivity contribution is -0.117. The van der Waals surface area contributed by atoms with Crippen LogP contribution in [0.5, 0.6) is 0 Å². The molecule has 2 heterocycles. The lowest BCUT2D eigenvalue weighted by atomic mass is 10.2. The van der Waals surface area contributed by atoms with Gasteiger partial charge in [0.1, 0.15) is 6.07 Å². The number of rotatable bonds is 6. The number of methoxy groups -OCH3 is 1. The average molecular weight is 397 g/mol. The average Bonchev–Trinajstić information content (AvgIpc) is 3.05. The molecule has 2 N–H and O–H groups in total. The molecule has 0 atom stereocenters. The number of carbonyl (C=O) groups is 2. The molecule has 0 aliphatic heterocycles. The van der Waals surface area contributed by atoms with Crippen molar-refractivity contribution in [2.24, 2.45) is 0 Å². The highest BCUT2D eigenvalue weighted by Gasteiger charge is 2.16. The van der Waals surface area contributed by atoms with Gasteiger partial charge in [-0.2, -0.15) is 5.26 Å². The van der Waals surface area contributed by atoms with Crippen molar-refractivity contribution in [2.75, 3.05) is 26.0 Å². The Morgan fingerprint density at radius 2 is 2.14 bits per heavy atom. The van der Waals surface area contributed by atoms with Crippen molar-refractivity contribution in [1.82, 2.24) is 20.0 Å². The smallest absolute Gasteiger partial charge is 0.321 e. The Bertz CT molecular complexity index is 1090. The van der Waals surface area contributed by atoms with E-state index in [0.717, 1.165) is 21.6 Å². The van der Waals surface area contributed by atoms with E-state index in [9.17, 15) is 14.9 Å². The van der Waals surface area contributed by atoms with Gasteiger partial charge in [0.15, 0.2) is 5.65 Å². The van der Waals surface area contributed by atoms with Crippen LogP contribution in [0.25, 0.3) is 16.7 Å². The molecule has 0 spiro atoms. The van der Waals surface area contributed by atoms with E-state index in [0.29, 0.717) is 24.4 Å². The first-order chi connectivity index (χ1) is 13.5. The van der Waals surface area contributed by atoms with Gasteiger partial charge < -0.3 is 10.1 Å². The van der Waals surface area contributed by atoms with E-state index in [2.05, 4.69) is 21.7 Å². The molecule has 3 aromatic rings. The van der Waals surface area contributed by atoms with Gasteiger partial charge in [-0.25, -0.2) is 9.78 Å². The zero-order valence-corrected chi connectivity index (χ0v) is 16.3. The number of nitrogens with one attached hydrogen (secondary N) is 2. The fraction of sp³-hybridized carbons (Fsp3) is 0.263. The summed E-state index contributed by atoms with van der Waals surface area (Å²) in [4.78, 5) is 28.3. The van der Waals surface area contributed by atoms with Gasteiger partial charge in [-0.1, -0.05) is 23.9 Å². The maximum Gasteiger partial charge on any atom is 0.321 e. The predicted molar refractivity (Wildman–Crippen MR) is 106 cm³/mol. The molecule has 0 bridgehead atoms. The minimum atomic E-state index is -0.558. The predicted octanol–water partition coefficient (Wildman–Crippen LogP) is 2.23. The normalized spacial score (nSPS) is 10.8. The first-order valence-corrected chi connectivity index (χ1v) is 9.54. The van der Waals surface area contributed by atoms with Crippen LogP contribution < -0.4 is 10.6 Å². The molecule has 8 nitrogen and oxygen atoms in total. The second kappa shape index (κ2) is 8.73. The van der Waals surface area contributed by atoms with E-state index >= 15 is 0 Å². The van der Waals surface area contributed by atoms with Crippen LogP contribution in [0.15, 0.2) is 35.4 Å². The van der Waals surface area contributed by atoms with Crippen molar-refractivity contribution in [3.05, 3.63) is 41.5 Å². The molecule has 3 rings (SSSR count). The Labute approximate surface area is 165 Å². The number of hydrogen-bond acceptors (Lipinski definition) is 6. The van der Waals surface area contributed by atoms with Gasteiger partial charge in [0, 0.05) is 13.7 Å². The summed E-state index contributed by atoms with van der Waals surface area (Å²) in [5.41, 5.74) is 3.47.